The third-order valence-corrected chi connectivity index (χ3v) is 3.90. The molecule has 1 heterocycles. The van der Waals surface area contributed by atoms with E-state index in [9.17, 15) is 9.59 Å². The molecule has 2 amide bonds. The molecule has 1 aliphatic heterocycles. The van der Waals surface area contributed by atoms with E-state index < -0.39 is 5.60 Å². The molecule has 0 radical (unpaired) electrons. The van der Waals surface area contributed by atoms with Crippen LogP contribution in [0, 0.1) is 0 Å². The van der Waals surface area contributed by atoms with Crippen molar-refractivity contribution in [3.8, 4) is 0 Å². The van der Waals surface area contributed by atoms with Crippen LogP contribution in [0.4, 0.5) is 4.79 Å². The Bertz CT molecular complexity index is 561. The highest BCUT2D eigenvalue weighted by Gasteiger charge is 2.28. The third kappa shape index (κ3) is 5.27. The Morgan fingerprint density at radius 3 is 2.48 bits per heavy atom. The fourth-order valence-corrected chi connectivity index (χ4v) is 2.85. The molecule has 0 bridgehead atoms. The lowest BCUT2D eigenvalue weighted by atomic mass is 9.90. The Balaban J connectivity index is 2.00. The van der Waals surface area contributed by atoms with Gasteiger partial charge in [0.05, 0.1) is 6.42 Å². The molecule has 126 valence electrons. The summed E-state index contributed by atoms with van der Waals surface area (Å²) in [7, 11) is 0. The summed E-state index contributed by atoms with van der Waals surface area (Å²) in [5.41, 5.74) is 6.84. The van der Waals surface area contributed by atoms with Gasteiger partial charge in [0, 0.05) is 19.0 Å². The molecule has 0 aliphatic carbocycles. The van der Waals surface area contributed by atoms with Gasteiger partial charge in [0.25, 0.3) is 0 Å². The first kappa shape index (κ1) is 17.3. The summed E-state index contributed by atoms with van der Waals surface area (Å²) in [5, 5.41) is 0. The minimum absolute atomic E-state index is 0.243. The molecule has 23 heavy (non-hydrogen) atoms. The molecule has 0 saturated carbocycles. The zero-order chi connectivity index (χ0) is 17.0. The van der Waals surface area contributed by atoms with E-state index in [4.69, 9.17) is 10.5 Å². The molecule has 1 atom stereocenters. The molecular formula is C18H26N2O3. The molecule has 5 heteroatoms. The van der Waals surface area contributed by atoms with Crippen molar-refractivity contribution < 1.29 is 14.3 Å². The first-order chi connectivity index (χ1) is 10.7. The number of primary amides is 1. The highest BCUT2D eigenvalue weighted by atomic mass is 16.6. The molecular weight excluding hydrogens is 292 g/mol. The SMILES string of the molecule is CC(C)(C)OC(=O)N1CCCC(c2ccc(CC(N)=O)cc2)C1. The number of benzene rings is 1. The minimum Gasteiger partial charge on any atom is -0.444 e. The van der Waals surface area contributed by atoms with Crippen molar-refractivity contribution in [3.63, 3.8) is 0 Å². The average molecular weight is 318 g/mol. The number of hydrogen-bond acceptors (Lipinski definition) is 3. The van der Waals surface area contributed by atoms with E-state index in [1.165, 1.54) is 5.56 Å². The summed E-state index contributed by atoms with van der Waals surface area (Å²) in [6.45, 7) is 7.05. The molecule has 1 fully saturated rings. The maximum absolute atomic E-state index is 12.2. The quantitative estimate of drug-likeness (QED) is 0.931. The predicted octanol–water partition coefficient (Wildman–Crippen LogP) is 2.83. The van der Waals surface area contributed by atoms with Crippen LogP contribution in [0.3, 0.4) is 0 Å². The molecule has 1 aromatic carbocycles. The normalized spacial score (nSPS) is 18.6. The summed E-state index contributed by atoms with van der Waals surface area (Å²) in [6, 6.07) is 7.93. The molecule has 0 spiro atoms. The van der Waals surface area contributed by atoms with Crippen molar-refractivity contribution >= 4 is 12.0 Å². The first-order valence-corrected chi connectivity index (χ1v) is 8.09. The predicted molar refractivity (Wildman–Crippen MR) is 89.1 cm³/mol. The maximum Gasteiger partial charge on any atom is 0.410 e. The van der Waals surface area contributed by atoms with Gasteiger partial charge in [-0.15, -0.1) is 0 Å². The Kier molecular flexibility index (Phi) is 5.29. The van der Waals surface area contributed by atoms with Crippen LogP contribution in [-0.4, -0.2) is 35.6 Å². The molecule has 2 N–H and O–H groups in total. The van der Waals surface area contributed by atoms with Crippen molar-refractivity contribution in [3.05, 3.63) is 35.4 Å². The van der Waals surface area contributed by atoms with Crippen LogP contribution in [-0.2, 0) is 16.0 Å². The average Bonchev–Trinajstić information content (AvgIpc) is 2.46. The van der Waals surface area contributed by atoms with Crippen molar-refractivity contribution in [2.75, 3.05) is 13.1 Å². The lowest BCUT2D eigenvalue weighted by molar-refractivity contribution is -0.117. The van der Waals surface area contributed by atoms with E-state index in [1.807, 2.05) is 45.0 Å². The van der Waals surface area contributed by atoms with Gasteiger partial charge in [0.15, 0.2) is 0 Å². The van der Waals surface area contributed by atoms with E-state index >= 15 is 0 Å². The van der Waals surface area contributed by atoms with Gasteiger partial charge in [-0.3, -0.25) is 4.79 Å². The molecule has 5 nitrogen and oxygen atoms in total. The fraction of sp³-hybridized carbons (Fsp3) is 0.556. The standard InChI is InChI=1S/C18H26N2O3/c1-18(2,3)23-17(22)20-10-4-5-15(12-20)14-8-6-13(7-9-14)11-16(19)21/h6-9,15H,4-5,10-12H2,1-3H3,(H2,19,21). The van der Waals surface area contributed by atoms with E-state index in [0.717, 1.165) is 24.9 Å². The molecule has 1 aromatic rings. The number of amides is 2. The number of carbonyl (C=O) groups is 2. The summed E-state index contributed by atoms with van der Waals surface area (Å²) < 4.78 is 5.46. The van der Waals surface area contributed by atoms with Gasteiger partial charge in [0.1, 0.15) is 5.60 Å². The van der Waals surface area contributed by atoms with E-state index in [1.54, 1.807) is 4.90 Å². The third-order valence-electron chi connectivity index (χ3n) is 3.90. The molecule has 1 unspecified atom stereocenters. The van der Waals surface area contributed by atoms with E-state index in [-0.39, 0.29) is 18.4 Å². The second-order valence-corrected chi connectivity index (χ2v) is 7.15. The van der Waals surface area contributed by atoms with Crippen LogP contribution < -0.4 is 5.73 Å². The van der Waals surface area contributed by atoms with Crippen molar-refractivity contribution in [1.82, 2.24) is 4.90 Å². The Morgan fingerprint density at radius 2 is 1.91 bits per heavy atom. The Morgan fingerprint density at radius 1 is 1.26 bits per heavy atom. The fourth-order valence-electron chi connectivity index (χ4n) is 2.85. The van der Waals surface area contributed by atoms with Crippen LogP contribution >= 0.6 is 0 Å². The number of hydrogen-bond donors (Lipinski definition) is 1. The minimum atomic E-state index is -0.472. The number of ether oxygens (including phenoxy) is 1. The molecule has 1 aliphatic rings. The zero-order valence-electron chi connectivity index (χ0n) is 14.2. The molecule has 0 aromatic heterocycles. The number of piperidine rings is 1. The van der Waals surface area contributed by atoms with E-state index in [2.05, 4.69) is 0 Å². The van der Waals surface area contributed by atoms with E-state index in [0.29, 0.717) is 12.5 Å². The first-order valence-electron chi connectivity index (χ1n) is 8.09. The summed E-state index contributed by atoms with van der Waals surface area (Å²) in [5.74, 6) is -0.0228. The second kappa shape index (κ2) is 7.02. The van der Waals surface area contributed by atoms with Gasteiger partial charge in [-0.05, 0) is 44.7 Å². The largest absolute Gasteiger partial charge is 0.444 e. The van der Waals surface area contributed by atoms with Crippen LogP contribution in [0.2, 0.25) is 0 Å². The summed E-state index contributed by atoms with van der Waals surface area (Å²) in [6.07, 6.45) is 2.03. The van der Waals surface area contributed by atoms with Crippen molar-refractivity contribution in [2.24, 2.45) is 5.73 Å². The number of rotatable bonds is 3. The number of nitrogens with two attached hydrogens (primary N) is 1. The topological polar surface area (TPSA) is 72.6 Å². The Hall–Kier alpha value is -2.04. The summed E-state index contributed by atoms with van der Waals surface area (Å²) >= 11 is 0. The number of likely N-dealkylation sites (tertiary alicyclic amines) is 1. The van der Waals surface area contributed by atoms with Gasteiger partial charge < -0.3 is 15.4 Å². The van der Waals surface area contributed by atoms with Gasteiger partial charge in [-0.1, -0.05) is 24.3 Å². The monoisotopic (exact) mass is 318 g/mol. The second-order valence-electron chi connectivity index (χ2n) is 7.15. The van der Waals surface area contributed by atoms with Crippen LogP contribution in [0.1, 0.15) is 50.7 Å². The Labute approximate surface area is 137 Å². The smallest absolute Gasteiger partial charge is 0.410 e. The van der Waals surface area contributed by atoms with Gasteiger partial charge in [-0.25, -0.2) is 4.79 Å². The van der Waals surface area contributed by atoms with Crippen LogP contribution in [0.15, 0.2) is 24.3 Å². The van der Waals surface area contributed by atoms with Gasteiger partial charge in [0.2, 0.25) is 5.91 Å². The van der Waals surface area contributed by atoms with Crippen LogP contribution in [0.5, 0.6) is 0 Å². The molecule has 1 saturated heterocycles. The van der Waals surface area contributed by atoms with Crippen LogP contribution in [0.25, 0.3) is 0 Å². The van der Waals surface area contributed by atoms with Gasteiger partial charge >= 0.3 is 6.09 Å². The van der Waals surface area contributed by atoms with Gasteiger partial charge in [-0.2, -0.15) is 0 Å². The highest BCUT2D eigenvalue weighted by Crippen LogP contribution is 2.28. The lowest BCUT2D eigenvalue weighted by Gasteiger charge is -2.34. The highest BCUT2D eigenvalue weighted by molar-refractivity contribution is 5.76. The lowest BCUT2D eigenvalue weighted by Crippen LogP contribution is -2.42. The maximum atomic E-state index is 12.2. The van der Waals surface area contributed by atoms with Crippen molar-refractivity contribution in [2.45, 2.75) is 51.6 Å². The van der Waals surface area contributed by atoms with Crippen molar-refractivity contribution in [1.29, 1.82) is 0 Å². The zero-order valence-corrected chi connectivity index (χ0v) is 14.2. The number of carbonyl (C=O) groups excluding carboxylic acids is 2. The molecule has 2 rings (SSSR count). The summed E-state index contributed by atoms with van der Waals surface area (Å²) in [4.78, 5) is 25.0. The number of nitrogens with zero attached hydrogens (tertiary/aromatic N) is 1.